The first-order valence-electron chi connectivity index (χ1n) is 25.1. The first-order valence-corrected chi connectivity index (χ1v) is 25.1. The van der Waals surface area contributed by atoms with E-state index >= 15 is 0 Å². The van der Waals surface area contributed by atoms with E-state index in [4.69, 9.17) is 53.5 Å². The average molecular weight is 1040 g/mol. The molecule has 23 nitrogen and oxygen atoms in total. The largest absolute Gasteiger partial charge is 0.675 e. The predicted octanol–water partition coefficient (Wildman–Crippen LogP) is 6.38. The molecule has 2 amide bonds. The van der Waals surface area contributed by atoms with Gasteiger partial charge in [-0.05, 0) is 65.7 Å². The molecule has 6 rings (SSSR count). The van der Waals surface area contributed by atoms with Crippen molar-refractivity contribution >= 4 is 35.7 Å². The summed E-state index contributed by atoms with van der Waals surface area (Å²) in [5, 5.41) is 13.1. The highest BCUT2D eigenvalue weighted by Gasteiger charge is 2.63. The van der Waals surface area contributed by atoms with Gasteiger partial charge in [-0.25, -0.2) is 4.98 Å². The van der Waals surface area contributed by atoms with E-state index in [1.807, 2.05) is 73.8 Å². The van der Waals surface area contributed by atoms with E-state index in [9.17, 15) is 14.4 Å². The standard InChI is InChI=1S/C51H66BN11O12/c1-37(2)31-49(60-51(66)41(32-39-7-5-4-6-8-39)33-46(64)44-36-55-13-14-56-44)52-63(38(3)43-35-42(10-12-47(43)74-52)73-30-29-72-28-27-71-26-23-69-20-17-59-62-54)45-11-9-40(34-48(45)75-52)50(65)57-15-18-67-21-24-70-25-22-68-19-16-58-61-53/h4-14,34-37,41,49H,15-33H2,1-3H3,(H,57,65)(H,60,66)/t41-,49-,52?/m0/s1. The average Bonchev–Trinajstić information content (AvgIpc) is 3.81. The molecule has 4 aromatic rings. The molecular formula is C51H66BN11O12. The molecule has 3 heterocycles. The molecule has 0 saturated heterocycles. The fourth-order valence-electron chi connectivity index (χ4n) is 8.56. The molecule has 0 fully saturated rings. The molecule has 75 heavy (non-hydrogen) atoms. The third-order valence-electron chi connectivity index (χ3n) is 12.0. The van der Waals surface area contributed by atoms with Crippen LogP contribution in [-0.2, 0) is 39.6 Å². The molecule has 0 spiro atoms. The van der Waals surface area contributed by atoms with E-state index < -0.39 is 18.5 Å². The highest BCUT2D eigenvalue weighted by molar-refractivity contribution is 6.65. The number of fused-ring (bicyclic) bond motifs is 4. The van der Waals surface area contributed by atoms with Crippen LogP contribution in [0.25, 0.3) is 20.9 Å². The van der Waals surface area contributed by atoms with Gasteiger partial charge in [0.15, 0.2) is 11.5 Å². The Hall–Kier alpha value is -7.14. The van der Waals surface area contributed by atoms with E-state index in [0.717, 1.165) is 16.8 Å². The van der Waals surface area contributed by atoms with Crippen molar-refractivity contribution in [3.8, 4) is 17.2 Å². The lowest BCUT2D eigenvalue weighted by molar-refractivity contribution is -0.327. The molecule has 2 N–H and O–H groups in total. The summed E-state index contributed by atoms with van der Waals surface area (Å²) in [7, 11) is 0. The van der Waals surface area contributed by atoms with Crippen molar-refractivity contribution in [2.75, 3.05) is 106 Å². The quantitative estimate of drug-likeness (QED) is 0.0125. The normalized spacial score (nSPS) is 15.0. The van der Waals surface area contributed by atoms with E-state index in [-0.39, 0.29) is 74.9 Å². The number of rotatable bonds is 36. The van der Waals surface area contributed by atoms with Crippen LogP contribution < -0.4 is 24.7 Å². The predicted molar refractivity (Wildman–Crippen MR) is 276 cm³/mol. The Kier molecular flexibility index (Phi) is 23.6. The van der Waals surface area contributed by atoms with Crippen LogP contribution in [0.2, 0.25) is 0 Å². The number of aromatic nitrogens is 2. The van der Waals surface area contributed by atoms with E-state index in [0.29, 0.717) is 108 Å². The number of amides is 2. The van der Waals surface area contributed by atoms with Gasteiger partial charge >= 0.3 is 6.69 Å². The van der Waals surface area contributed by atoms with Gasteiger partial charge in [-0.15, -0.1) is 0 Å². The Bertz CT molecular complexity index is 2610. The molecule has 2 aliphatic rings. The second-order valence-electron chi connectivity index (χ2n) is 17.8. The zero-order valence-corrected chi connectivity index (χ0v) is 42.8. The third-order valence-corrected chi connectivity index (χ3v) is 12.0. The number of nitrogens with zero attached hydrogens (tertiary/aromatic N) is 9. The minimum Gasteiger partial charge on any atom is -0.621 e. The van der Waals surface area contributed by atoms with Gasteiger partial charge in [-0.2, -0.15) is 0 Å². The van der Waals surface area contributed by atoms with Crippen molar-refractivity contribution in [3.63, 3.8) is 0 Å². The van der Waals surface area contributed by atoms with Crippen LogP contribution in [0.4, 0.5) is 5.69 Å². The molecule has 1 aromatic heterocycles. The molecule has 0 aliphatic carbocycles. The van der Waals surface area contributed by atoms with Crippen LogP contribution in [0, 0.1) is 11.8 Å². The van der Waals surface area contributed by atoms with E-state index in [1.165, 1.54) is 18.6 Å². The fraction of sp³-hybridized carbons (Fsp3) is 0.490. The van der Waals surface area contributed by atoms with Crippen molar-refractivity contribution < 1.29 is 61.3 Å². The Morgan fingerprint density at radius 3 is 2.00 bits per heavy atom. The van der Waals surface area contributed by atoms with Crippen LogP contribution in [0.5, 0.6) is 17.2 Å². The number of carbonyl (C=O) groups excluding carboxylic acids is 3. The summed E-state index contributed by atoms with van der Waals surface area (Å²) < 4.78 is 55.4. The van der Waals surface area contributed by atoms with Crippen molar-refractivity contribution in [1.82, 2.24) is 20.6 Å². The van der Waals surface area contributed by atoms with E-state index in [1.54, 1.807) is 18.2 Å². The number of nitrogens with one attached hydrogen (secondary N) is 2. The van der Waals surface area contributed by atoms with Crippen LogP contribution in [0.3, 0.4) is 0 Å². The number of carbonyl (C=O) groups is 3. The van der Waals surface area contributed by atoms with Gasteiger partial charge in [0.2, 0.25) is 5.91 Å². The molecule has 24 heteroatoms. The van der Waals surface area contributed by atoms with Crippen LogP contribution in [-0.4, -0.2) is 156 Å². The van der Waals surface area contributed by atoms with Crippen molar-refractivity contribution in [3.05, 3.63) is 129 Å². The molecule has 2 aliphatic heterocycles. The third kappa shape index (κ3) is 17.5. The molecule has 400 valence electrons. The topological polar surface area (TPSA) is 285 Å². The minimum absolute atomic E-state index is 0.0327. The number of hydrogen-bond donors (Lipinski definition) is 2. The molecule has 3 atom stereocenters. The van der Waals surface area contributed by atoms with Crippen molar-refractivity contribution in [2.45, 2.75) is 46.0 Å². The summed E-state index contributed by atoms with van der Waals surface area (Å²) in [6.07, 6.45) is 4.91. The van der Waals surface area contributed by atoms with E-state index in [2.05, 4.69) is 40.7 Å². The number of hydrogen-bond acceptors (Lipinski definition) is 16. The van der Waals surface area contributed by atoms with Gasteiger partial charge in [0, 0.05) is 72.7 Å². The smallest absolute Gasteiger partial charge is 0.621 e. The first-order chi connectivity index (χ1) is 36.6. The van der Waals surface area contributed by atoms with Crippen LogP contribution in [0.15, 0.2) is 95.5 Å². The van der Waals surface area contributed by atoms with Crippen molar-refractivity contribution in [2.24, 2.45) is 22.1 Å². The maximum atomic E-state index is 14.9. The maximum absolute atomic E-state index is 14.9. The maximum Gasteiger partial charge on any atom is 0.675 e. The number of azide groups is 2. The zero-order chi connectivity index (χ0) is 53.1. The van der Waals surface area contributed by atoms with Gasteiger partial charge < -0.3 is 57.6 Å². The number of Topliss-reactive ketones (excluding diaryl/α,β-unsaturated/α-hetero) is 1. The van der Waals surface area contributed by atoms with Gasteiger partial charge in [-0.3, -0.25) is 19.4 Å². The van der Waals surface area contributed by atoms with Gasteiger partial charge in [0.1, 0.15) is 29.5 Å². The zero-order valence-electron chi connectivity index (χ0n) is 42.8. The summed E-state index contributed by atoms with van der Waals surface area (Å²) >= 11 is 0. The highest BCUT2D eigenvalue weighted by Crippen LogP contribution is 2.46. The number of benzene rings is 3. The number of ether oxygens (including phenoxy) is 7. The summed E-state index contributed by atoms with van der Waals surface area (Å²) in [5.41, 5.74) is 20.2. The molecule has 0 radical (unpaired) electrons. The second kappa shape index (κ2) is 30.9. The summed E-state index contributed by atoms with van der Waals surface area (Å²) in [5.74, 6) is -1.11. The van der Waals surface area contributed by atoms with Gasteiger partial charge in [0.05, 0.1) is 103 Å². The Labute approximate surface area is 435 Å². The Morgan fingerprint density at radius 2 is 1.37 bits per heavy atom. The molecule has 3 aromatic carbocycles. The fourth-order valence-corrected chi connectivity index (χ4v) is 8.56. The Balaban J connectivity index is 1.18. The molecule has 1 unspecified atom stereocenters. The molecular weight excluding hydrogens is 969 g/mol. The lowest BCUT2D eigenvalue weighted by Gasteiger charge is -2.42. The summed E-state index contributed by atoms with van der Waals surface area (Å²) in [6.45, 7) is 8.50. The molecule has 0 bridgehead atoms. The Morgan fingerprint density at radius 1 is 0.747 bits per heavy atom. The molecule has 0 saturated carbocycles. The van der Waals surface area contributed by atoms with Gasteiger partial charge in [0.25, 0.3) is 5.91 Å². The van der Waals surface area contributed by atoms with Crippen molar-refractivity contribution in [1.29, 1.82) is 0 Å². The van der Waals surface area contributed by atoms with Crippen LogP contribution in [0.1, 0.15) is 65.6 Å². The highest BCUT2D eigenvalue weighted by atomic mass is 16.6. The number of ketones is 1. The minimum atomic E-state index is -2.68. The lowest BCUT2D eigenvalue weighted by atomic mass is 9.58. The lowest BCUT2D eigenvalue weighted by Crippen LogP contribution is -2.71. The SMILES string of the molecule is CC1=[N+]2c3ccc(C(=O)NCCOCCOCCOCCN=[N+]=[N-])cc3O[B-]2([C@H](CC(C)C)NC(=O)[C@H](CC(=O)c2cnccn2)Cc2ccccc2)Oc2ccc(OCCOCCOCCOCCN=[N+]=[N-])cc21. The monoisotopic (exact) mass is 1040 g/mol. The summed E-state index contributed by atoms with van der Waals surface area (Å²) in [4.78, 5) is 55.9. The van der Waals surface area contributed by atoms with Gasteiger partial charge in [-0.1, -0.05) is 54.4 Å². The first kappa shape index (κ1) is 57.1. The second-order valence-corrected chi connectivity index (χ2v) is 17.8. The summed E-state index contributed by atoms with van der Waals surface area (Å²) in [6, 6.07) is 20.2. The van der Waals surface area contributed by atoms with Crippen LogP contribution >= 0.6 is 0 Å².